The average molecular weight is 572 g/mol. The van der Waals surface area contributed by atoms with Crippen LogP contribution in [0.2, 0.25) is 10.0 Å². The second-order valence-corrected chi connectivity index (χ2v) is 10.6. The highest BCUT2D eigenvalue weighted by atomic mass is 35.5. The van der Waals surface area contributed by atoms with Crippen LogP contribution < -0.4 is 14.8 Å². The number of nitrogens with one attached hydrogen (secondary N) is 1. The molecule has 8 heteroatoms. The Morgan fingerprint density at radius 1 is 0.846 bits per heavy atom. The first kappa shape index (κ1) is 30.3. The van der Waals surface area contributed by atoms with E-state index in [2.05, 4.69) is 5.32 Å². The number of benzene rings is 3. The molecule has 0 saturated carbocycles. The van der Waals surface area contributed by atoms with Gasteiger partial charge < -0.3 is 19.7 Å². The number of halogens is 2. The standard InChI is InChI=1S/C31H36Cl2N2O4/c1-21(2)19-34-31(37)27(17-22-8-6-5-7-9-22)35(20-24-10-13-25(32)26(33)16-24)30(36)15-12-23-11-14-28(38-3)29(18-23)39-4/h5-11,13-14,16,18,21,27H,12,15,17,19-20H2,1-4H3,(H,34,37)/t27-/m1/s1. The molecule has 0 unspecified atom stereocenters. The molecule has 0 aliphatic heterocycles. The van der Waals surface area contributed by atoms with E-state index in [-0.39, 0.29) is 30.7 Å². The van der Waals surface area contributed by atoms with Crippen molar-refractivity contribution in [3.63, 3.8) is 0 Å². The molecule has 0 spiro atoms. The Kier molecular flexibility index (Phi) is 11.5. The van der Waals surface area contributed by atoms with Crippen LogP contribution in [0.5, 0.6) is 11.5 Å². The van der Waals surface area contributed by atoms with Crippen molar-refractivity contribution in [3.8, 4) is 11.5 Å². The van der Waals surface area contributed by atoms with Gasteiger partial charge in [0.25, 0.3) is 0 Å². The van der Waals surface area contributed by atoms with Gasteiger partial charge in [0.1, 0.15) is 6.04 Å². The lowest BCUT2D eigenvalue weighted by molar-refractivity contribution is -0.141. The van der Waals surface area contributed by atoms with Crippen LogP contribution >= 0.6 is 23.2 Å². The van der Waals surface area contributed by atoms with Gasteiger partial charge in [0, 0.05) is 25.9 Å². The summed E-state index contributed by atoms with van der Waals surface area (Å²) < 4.78 is 10.7. The molecule has 3 aromatic carbocycles. The molecule has 0 radical (unpaired) electrons. The number of methoxy groups -OCH3 is 2. The van der Waals surface area contributed by atoms with Crippen molar-refractivity contribution in [1.29, 1.82) is 0 Å². The second-order valence-electron chi connectivity index (χ2n) is 9.80. The fourth-order valence-electron chi connectivity index (χ4n) is 4.24. The summed E-state index contributed by atoms with van der Waals surface area (Å²) in [7, 11) is 3.16. The topological polar surface area (TPSA) is 67.9 Å². The van der Waals surface area contributed by atoms with Gasteiger partial charge in [0.2, 0.25) is 11.8 Å². The highest BCUT2D eigenvalue weighted by Crippen LogP contribution is 2.29. The zero-order chi connectivity index (χ0) is 28.4. The molecule has 0 aromatic heterocycles. The first-order valence-electron chi connectivity index (χ1n) is 13.0. The molecular formula is C31H36Cl2N2O4. The Bertz CT molecular complexity index is 1250. The fraction of sp³-hybridized carbons (Fsp3) is 0.355. The summed E-state index contributed by atoms with van der Waals surface area (Å²) in [6.07, 6.45) is 1.07. The summed E-state index contributed by atoms with van der Waals surface area (Å²) in [4.78, 5) is 29.1. The van der Waals surface area contributed by atoms with E-state index in [1.807, 2.05) is 68.4 Å². The second kappa shape index (κ2) is 14.8. The maximum Gasteiger partial charge on any atom is 0.243 e. The van der Waals surface area contributed by atoms with Crippen molar-refractivity contribution in [1.82, 2.24) is 10.2 Å². The number of rotatable bonds is 13. The number of nitrogens with zero attached hydrogens (tertiary/aromatic N) is 1. The van der Waals surface area contributed by atoms with E-state index in [1.54, 1.807) is 31.3 Å². The smallest absolute Gasteiger partial charge is 0.243 e. The lowest BCUT2D eigenvalue weighted by Gasteiger charge is -2.32. The minimum atomic E-state index is -0.710. The van der Waals surface area contributed by atoms with Gasteiger partial charge in [-0.2, -0.15) is 0 Å². The number of aryl methyl sites for hydroxylation is 1. The Hall–Kier alpha value is -3.22. The van der Waals surface area contributed by atoms with Gasteiger partial charge in [0.15, 0.2) is 11.5 Å². The van der Waals surface area contributed by atoms with E-state index in [4.69, 9.17) is 32.7 Å². The van der Waals surface area contributed by atoms with Gasteiger partial charge in [0.05, 0.1) is 24.3 Å². The van der Waals surface area contributed by atoms with Gasteiger partial charge in [-0.25, -0.2) is 0 Å². The molecule has 6 nitrogen and oxygen atoms in total. The van der Waals surface area contributed by atoms with Crippen molar-refractivity contribution in [2.75, 3.05) is 20.8 Å². The number of carbonyl (C=O) groups excluding carboxylic acids is 2. The molecular weight excluding hydrogens is 535 g/mol. The maximum absolute atomic E-state index is 13.9. The molecule has 0 heterocycles. The van der Waals surface area contributed by atoms with E-state index in [0.29, 0.717) is 40.9 Å². The Labute approximate surface area is 241 Å². The first-order valence-corrected chi connectivity index (χ1v) is 13.7. The SMILES string of the molecule is COc1ccc(CCC(=O)N(Cc2ccc(Cl)c(Cl)c2)[C@H](Cc2ccccc2)C(=O)NCC(C)C)cc1OC. The quantitative estimate of drug-likeness (QED) is 0.260. The highest BCUT2D eigenvalue weighted by Gasteiger charge is 2.30. The first-order chi connectivity index (χ1) is 18.7. The van der Waals surface area contributed by atoms with Crippen molar-refractivity contribution >= 4 is 35.0 Å². The van der Waals surface area contributed by atoms with E-state index in [0.717, 1.165) is 16.7 Å². The van der Waals surface area contributed by atoms with E-state index >= 15 is 0 Å². The highest BCUT2D eigenvalue weighted by molar-refractivity contribution is 6.42. The van der Waals surface area contributed by atoms with E-state index < -0.39 is 6.04 Å². The third-order valence-electron chi connectivity index (χ3n) is 6.37. The average Bonchev–Trinajstić information content (AvgIpc) is 2.94. The molecule has 0 saturated heterocycles. The van der Waals surface area contributed by atoms with Crippen molar-refractivity contribution < 1.29 is 19.1 Å². The number of amides is 2. The molecule has 0 fully saturated rings. The fourth-order valence-corrected chi connectivity index (χ4v) is 4.56. The molecule has 0 bridgehead atoms. The number of carbonyl (C=O) groups is 2. The van der Waals surface area contributed by atoms with Crippen LogP contribution in [0.3, 0.4) is 0 Å². The summed E-state index contributed by atoms with van der Waals surface area (Å²) in [5, 5.41) is 3.87. The van der Waals surface area contributed by atoms with Crippen LogP contribution in [0.4, 0.5) is 0 Å². The largest absolute Gasteiger partial charge is 0.493 e. The predicted molar refractivity (Wildman–Crippen MR) is 157 cm³/mol. The lowest BCUT2D eigenvalue weighted by Crippen LogP contribution is -2.51. The van der Waals surface area contributed by atoms with Crippen LogP contribution in [0.15, 0.2) is 66.7 Å². The van der Waals surface area contributed by atoms with Gasteiger partial charge >= 0.3 is 0 Å². The van der Waals surface area contributed by atoms with Crippen LogP contribution in [-0.2, 0) is 29.0 Å². The summed E-state index contributed by atoms with van der Waals surface area (Å²) >= 11 is 12.4. The zero-order valence-electron chi connectivity index (χ0n) is 22.9. The monoisotopic (exact) mass is 570 g/mol. The maximum atomic E-state index is 13.9. The Balaban J connectivity index is 1.92. The van der Waals surface area contributed by atoms with Crippen molar-refractivity contribution in [2.45, 2.75) is 45.7 Å². The predicted octanol–water partition coefficient (Wildman–Crippen LogP) is 6.36. The minimum Gasteiger partial charge on any atom is -0.493 e. The third kappa shape index (κ3) is 8.91. The van der Waals surface area contributed by atoms with Crippen molar-refractivity contribution in [3.05, 3.63) is 93.5 Å². The number of hydrogen-bond donors (Lipinski definition) is 1. The lowest BCUT2D eigenvalue weighted by atomic mass is 10.0. The minimum absolute atomic E-state index is 0.142. The number of ether oxygens (including phenoxy) is 2. The van der Waals surface area contributed by atoms with Gasteiger partial charge in [-0.3, -0.25) is 9.59 Å². The molecule has 3 rings (SSSR count). The molecule has 1 N–H and O–H groups in total. The van der Waals surface area contributed by atoms with Crippen LogP contribution in [0, 0.1) is 5.92 Å². The summed E-state index contributed by atoms with van der Waals surface area (Å²) in [5.74, 6) is 1.17. The van der Waals surface area contributed by atoms with Crippen molar-refractivity contribution in [2.24, 2.45) is 5.92 Å². The summed E-state index contributed by atoms with van der Waals surface area (Å²) in [6, 6.07) is 19.9. The van der Waals surface area contributed by atoms with Crippen LogP contribution in [-0.4, -0.2) is 43.5 Å². The van der Waals surface area contributed by atoms with Gasteiger partial charge in [-0.1, -0.05) is 79.5 Å². The third-order valence-corrected chi connectivity index (χ3v) is 7.11. The normalized spacial score (nSPS) is 11.7. The van der Waals surface area contributed by atoms with Crippen LogP contribution in [0.25, 0.3) is 0 Å². The molecule has 39 heavy (non-hydrogen) atoms. The molecule has 0 aliphatic carbocycles. The summed E-state index contributed by atoms with van der Waals surface area (Å²) in [5.41, 5.74) is 2.69. The summed E-state index contributed by atoms with van der Waals surface area (Å²) in [6.45, 7) is 4.81. The number of hydrogen-bond acceptors (Lipinski definition) is 4. The van der Waals surface area contributed by atoms with Gasteiger partial charge in [-0.15, -0.1) is 0 Å². The van der Waals surface area contributed by atoms with E-state index in [9.17, 15) is 9.59 Å². The Morgan fingerprint density at radius 3 is 2.18 bits per heavy atom. The molecule has 2 amide bonds. The van der Waals surface area contributed by atoms with E-state index in [1.165, 1.54) is 0 Å². The molecule has 208 valence electrons. The molecule has 1 atom stereocenters. The van der Waals surface area contributed by atoms with Gasteiger partial charge in [-0.05, 0) is 53.3 Å². The zero-order valence-corrected chi connectivity index (χ0v) is 24.4. The molecule has 3 aromatic rings. The Morgan fingerprint density at radius 2 is 1.54 bits per heavy atom. The van der Waals surface area contributed by atoms with Crippen LogP contribution in [0.1, 0.15) is 37.0 Å². The molecule has 0 aliphatic rings.